The topological polar surface area (TPSA) is 6.48 Å². The van der Waals surface area contributed by atoms with Crippen LogP contribution in [0, 0.1) is 5.92 Å². The molecule has 0 aromatic heterocycles. The average Bonchev–Trinajstić information content (AvgIpc) is 2.51. The van der Waals surface area contributed by atoms with Crippen LogP contribution in [0.4, 0.5) is 0 Å². The molecule has 0 aromatic carbocycles. The maximum Gasteiger partial charge on any atom is 0.0381 e. The molecule has 0 aliphatic carbocycles. The van der Waals surface area contributed by atoms with Crippen molar-refractivity contribution in [3.63, 3.8) is 0 Å². The fourth-order valence-corrected chi connectivity index (χ4v) is 3.04. The highest BCUT2D eigenvalue weighted by Crippen LogP contribution is 2.24. The number of likely N-dealkylation sites (N-methyl/N-ethyl adjacent to an activating group) is 1. The zero-order chi connectivity index (χ0) is 17.5. The van der Waals surface area contributed by atoms with E-state index in [0.717, 1.165) is 25.6 Å². The van der Waals surface area contributed by atoms with Crippen LogP contribution in [0.25, 0.3) is 0 Å². The molecule has 0 rings (SSSR count). The van der Waals surface area contributed by atoms with Gasteiger partial charge in [-0.25, -0.2) is 0 Å². The van der Waals surface area contributed by atoms with Gasteiger partial charge in [0, 0.05) is 19.6 Å². The van der Waals surface area contributed by atoms with E-state index < -0.39 is 0 Å². The van der Waals surface area contributed by atoms with E-state index in [-0.39, 0.29) is 0 Å². The summed E-state index contributed by atoms with van der Waals surface area (Å²) in [7, 11) is 4.24. The first-order valence-corrected chi connectivity index (χ1v) is 9.71. The summed E-state index contributed by atoms with van der Waals surface area (Å²) < 4.78 is 0. The summed E-state index contributed by atoms with van der Waals surface area (Å²) >= 11 is 0. The molecule has 0 saturated heterocycles. The fourth-order valence-electron chi connectivity index (χ4n) is 3.04. The van der Waals surface area contributed by atoms with Crippen molar-refractivity contribution in [2.45, 2.75) is 71.6 Å². The summed E-state index contributed by atoms with van der Waals surface area (Å²) in [5.74, 6) is 0.834. The molecule has 2 heteroatoms. The minimum Gasteiger partial charge on any atom is -0.373 e. The van der Waals surface area contributed by atoms with Crippen molar-refractivity contribution >= 4 is 0 Å². The van der Waals surface area contributed by atoms with Gasteiger partial charge in [0.25, 0.3) is 0 Å². The molecule has 0 amide bonds. The Balaban J connectivity index is 4.27. The second-order valence-corrected chi connectivity index (χ2v) is 7.27. The zero-order valence-electron chi connectivity index (χ0n) is 16.4. The molecule has 0 aliphatic rings. The molecular formula is C21H42N2. The zero-order valence-corrected chi connectivity index (χ0v) is 16.4. The maximum absolute atomic E-state index is 4.36. The van der Waals surface area contributed by atoms with Gasteiger partial charge in [0.15, 0.2) is 0 Å². The Morgan fingerprint density at radius 3 is 1.96 bits per heavy atom. The molecule has 0 unspecified atom stereocenters. The van der Waals surface area contributed by atoms with E-state index in [1.54, 1.807) is 0 Å². The normalized spacial score (nSPS) is 11.2. The Hall–Kier alpha value is -0.760. The molecule has 136 valence electrons. The summed E-state index contributed by atoms with van der Waals surface area (Å²) in [5, 5.41) is 0. The first-order valence-electron chi connectivity index (χ1n) is 9.71. The Labute approximate surface area is 146 Å². The number of hydrogen-bond donors (Lipinski definition) is 0. The molecule has 0 aliphatic heterocycles. The molecule has 0 saturated carbocycles. The Morgan fingerprint density at radius 1 is 0.957 bits per heavy atom. The number of hydrogen-bond acceptors (Lipinski definition) is 2. The minimum atomic E-state index is 0.834. The van der Waals surface area contributed by atoms with Crippen molar-refractivity contribution in [2.75, 3.05) is 33.7 Å². The first kappa shape index (κ1) is 22.2. The molecule has 0 aromatic rings. The molecular weight excluding hydrogens is 280 g/mol. The molecule has 0 fully saturated rings. The molecule has 0 bridgehead atoms. The van der Waals surface area contributed by atoms with Gasteiger partial charge in [-0.15, -0.1) is 0 Å². The minimum absolute atomic E-state index is 0.834. The van der Waals surface area contributed by atoms with Crippen LogP contribution in [-0.4, -0.2) is 43.5 Å². The quantitative estimate of drug-likeness (QED) is 0.265. The van der Waals surface area contributed by atoms with E-state index in [2.05, 4.69) is 50.9 Å². The van der Waals surface area contributed by atoms with Crippen LogP contribution >= 0.6 is 0 Å². The van der Waals surface area contributed by atoms with Crippen molar-refractivity contribution in [2.24, 2.45) is 5.92 Å². The van der Waals surface area contributed by atoms with E-state index in [0.29, 0.717) is 0 Å². The van der Waals surface area contributed by atoms with Gasteiger partial charge >= 0.3 is 0 Å². The highest BCUT2D eigenvalue weighted by Gasteiger charge is 2.12. The summed E-state index contributed by atoms with van der Waals surface area (Å²) in [4.78, 5) is 4.52. The molecule has 0 spiro atoms. The third-order valence-electron chi connectivity index (χ3n) is 4.53. The summed E-state index contributed by atoms with van der Waals surface area (Å²) in [6, 6.07) is 0. The summed E-state index contributed by atoms with van der Waals surface area (Å²) in [6.07, 6.45) is 14.1. The van der Waals surface area contributed by atoms with E-state index >= 15 is 0 Å². The van der Waals surface area contributed by atoms with Crippen molar-refractivity contribution in [1.29, 1.82) is 0 Å². The lowest BCUT2D eigenvalue weighted by atomic mass is 9.89. The molecule has 2 nitrogen and oxygen atoms in total. The maximum atomic E-state index is 4.36. The average molecular weight is 323 g/mol. The van der Waals surface area contributed by atoms with Crippen LogP contribution in [0.3, 0.4) is 0 Å². The second-order valence-electron chi connectivity index (χ2n) is 7.27. The van der Waals surface area contributed by atoms with E-state index in [1.165, 1.54) is 63.4 Å². The van der Waals surface area contributed by atoms with Gasteiger partial charge in [0.2, 0.25) is 0 Å². The van der Waals surface area contributed by atoms with Crippen molar-refractivity contribution < 1.29 is 0 Å². The molecule has 0 atom stereocenters. The highest BCUT2D eigenvalue weighted by molar-refractivity contribution is 5.00. The van der Waals surface area contributed by atoms with Gasteiger partial charge in [-0.3, -0.25) is 0 Å². The largest absolute Gasteiger partial charge is 0.373 e. The Morgan fingerprint density at radius 2 is 1.52 bits per heavy atom. The molecule has 0 radical (unpaired) electrons. The van der Waals surface area contributed by atoms with E-state index in [9.17, 15) is 0 Å². The van der Waals surface area contributed by atoms with Crippen LogP contribution in [-0.2, 0) is 0 Å². The van der Waals surface area contributed by atoms with Crippen molar-refractivity contribution in [3.8, 4) is 0 Å². The van der Waals surface area contributed by atoms with Crippen LogP contribution < -0.4 is 0 Å². The highest BCUT2D eigenvalue weighted by atomic mass is 15.2. The lowest BCUT2D eigenvalue weighted by molar-refractivity contribution is 0.314. The Bertz CT molecular complexity index is 286. The third kappa shape index (κ3) is 13.4. The van der Waals surface area contributed by atoms with Gasteiger partial charge in [0.1, 0.15) is 0 Å². The predicted octanol–water partition coefficient (Wildman–Crippen LogP) is 5.72. The van der Waals surface area contributed by atoms with Crippen LogP contribution in [0.1, 0.15) is 71.6 Å². The number of unbranched alkanes of at least 4 members (excludes halogenated alkanes) is 4. The monoisotopic (exact) mass is 322 g/mol. The van der Waals surface area contributed by atoms with Crippen LogP contribution in [0.5, 0.6) is 0 Å². The second kappa shape index (κ2) is 14.8. The standard InChI is InChI=1S/C21H42N2/c1-7-10-12-14-21(15-13-11-8-2)18-20(4)19-23(9-3)17-16-22(5)6/h9,21H,3-4,7-8,10-19H2,1-2,5-6H3. The number of nitrogens with zero attached hydrogens (tertiary/aromatic N) is 2. The SMILES string of the molecule is C=CN(CCN(C)C)CC(=C)CC(CCCCC)CCCCC. The van der Waals surface area contributed by atoms with E-state index in [4.69, 9.17) is 0 Å². The first-order chi connectivity index (χ1) is 11.0. The fraction of sp³-hybridized carbons (Fsp3) is 0.810. The molecule has 0 heterocycles. The lowest BCUT2D eigenvalue weighted by Gasteiger charge is -2.25. The van der Waals surface area contributed by atoms with Gasteiger partial charge < -0.3 is 9.80 Å². The molecule has 0 N–H and O–H groups in total. The van der Waals surface area contributed by atoms with Crippen molar-refractivity contribution in [3.05, 3.63) is 24.9 Å². The lowest BCUT2D eigenvalue weighted by Crippen LogP contribution is -2.29. The summed E-state index contributed by atoms with van der Waals surface area (Å²) in [6.45, 7) is 16.0. The van der Waals surface area contributed by atoms with Gasteiger partial charge in [-0.05, 0) is 32.6 Å². The smallest absolute Gasteiger partial charge is 0.0381 e. The summed E-state index contributed by atoms with van der Waals surface area (Å²) in [5.41, 5.74) is 1.38. The van der Waals surface area contributed by atoms with E-state index in [1.807, 2.05) is 6.20 Å². The predicted molar refractivity (Wildman–Crippen MR) is 106 cm³/mol. The van der Waals surface area contributed by atoms with Gasteiger partial charge in [0.05, 0.1) is 0 Å². The van der Waals surface area contributed by atoms with Gasteiger partial charge in [-0.1, -0.05) is 83.9 Å². The van der Waals surface area contributed by atoms with Gasteiger partial charge in [-0.2, -0.15) is 0 Å². The molecule has 23 heavy (non-hydrogen) atoms. The van der Waals surface area contributed by atoms with Crippen LogP contribution in [0.15, 0.2) is 24.9 Å². The Kier molecular flexibility index (Phi) is 14.3. The van der Waals surface area contributed by atoms with Crippen LogP contribution in [0.2, 0.25) is 0 Å². The van der Waals surface area contributed by atoms with Crippen molar-refractivity contribution in [1.82, 2.24) is 9.80 Å². The third-order valence-corrected chi connectivity index (χ3v) is 4.53. The number of rotatable bonds is 16.